The van der Waals surface area contributed by atoms with Crippen LogP contribution >= 0.6 is 11.3 Å². The first kappa shape index (κ1) is 11.1. The van der Waals surface area contributed by atoms with Crippen LogP contribution in [0.3, 0.4) is 0 Å². The van der Waals surface area contributed by atoms with E-state index in [2.05, 4.69) is 16.3 Å². The fourth-order valence-corrected chi connectivity index (χ4v) is 2.95. The summed E-state index contributed by atoms with van der Waals surface area (Å²) >= 11 is 1.87. The highest BCUT2D eigenvalue weighted by atomic mass is 32.1. The Morgan fingerprint density at radius 3 is 3.33 bits per heavy atom. The van der Waals surface area contributed by atoms with E-state index in [1.54, 1.807) is 12.0 Å². The molecule has 3 nitrogen and oxygen atoms in total. The van der Waals surface area contributed by atoms with Crippen molar-refractivity contribution in [1.82, 2.24) is 4.90 Å². The van der Waals surface area contributed by atoms with E-state index in [4.69, 9.17) is 10.5 Å². The molecule has 2 N–H and O–H groups in total. The van der Waals surface area contributed by atoms with Gasteiger partial charge >= 0.3 is 0 Å². The van der Waals surface area contributed by atoms with E-state index in [1.807, 2.05) is 11.3 Å². The monoisotopic (exact) mass is 226 g/mol. The molecule has 1 aromatic heterocycles. The minimum Gasteiger partial charge on any atom is -0.383 e. The molecule has 0 saturated carbocycles. The quantitative estimate of drug-likeness (QED) is 0.835. The molecular formula is C11H18N2OS. The lowest BCUT2D eigenvalue weighted by Crippen LogP contribution is -2.42. The second kappa shape index (κ2) is 5.07. The van der Waals surface area contributed by atoms with Crippen molar-refractivity contribution in [3.05, 3.63) is 21.9 Å². The van der Waals surface area contributed by atoms with Crippen LogP contribution in [0.15, 0.2) is 11.4 Å². The molecule has 0 bridgehead atoms. The predicted molar refractivity (Wildman–Crippen MR) is 63.2 cm³/mol. The molecule has 2 heterocycles. The highest BCUT2D eigenvalue weighted by Crippen LogP contribution is 2.23. The normalized spacial score (nSPS) is 18.8. The predicted octanol–water partition coefficient (Wildman–Crippen LogP) is 1.08. The Balaban J connectivity index is 1.87. The Hall–Kier alpha value is -0.420. The summed E-state index contributed by atoms with van der Waals surface area (Å²) in [6, 6.07) is 2.36. The third kappa shape index (κ3) is 2.78. The topological polar surface area (TPSA) is 38.5 Å². The van der Waals surface area contributed by atoms with Gasteiger partial charge in [-0.25, -0.2) is 0 Å². The van der Waals surface area contributed by atoms with Crippen molar-refractivity contribution in [3.63, 3.8) is 0 Å². The standard InChI is InChI=1S/C11H18N2OS/c1-14-8-10(12)7-13-4-2-11-9(6-13)3-5-15-11/h3,5,10H,2,4,6-8,12H2,1H3. The zero-order valence-electron chi connectivity index (χ0n) is 9.11. The Morgan fingerprint density at radius 2 is 2.53 bits per heavy atom. The van der Waals surface area contributed by atoms with Gasteiger partial charge in [-0.15, -0.1) is 11.3 Å². The van der Waals surface area contributed by atoms with Gasteiger partial charge in [0.15, 0.2) is 0 Å². The average Bonchev–Trinajstić information content (AvgIpc) is 2.65. The molecule has 0 aliphatic carbocycles. The van der Waals surface area contributed by atoms with E-state index >= 15 is 0 Å². The summed E-state index contributed by atoms with van der Waals surface area (Å²) in [5, 5.41) is 2.18. The van der Waals surface area contributed by atoms with Gasteiger partial charge in [0.2, 0.25) is 0 Å². The Bertz CT molecular complexity index is 313. The zero-order chi connectivity index (χ0) is 10.7. The van der Waals surface area contributed by atoms with Crippen LogP contribution in [-0.4, -0.2) is 37.7 Å². The molecule has 84 valence electrons. The van der Waals surface area contributed by atoms with Crippen molar-refractivity contribution in [1.29, 1.82) is 0 Å². The van der Waals surface area contributed by atoms with Gasteiger partial charge in [-0.2, -0.15) is 0 Å². The summed E-state index contributed by atoms with van der Waals surface area (Å²) < 4.78 is 5.05. The average molecular weight is 226 g/mol. The van der Waals surface area contributed by atoms with Crippen molar-refractivity contribution in [3.8, 4) is 0 Å². The molecule has 4 heteroatoms. The van der Waals surface area contributed by atoms with Gasteiger partial charge in [0.05, 0.1) is 6.61 Å². The largest absolute Gasteiger partial charge is 0.383 e. The van der Waals surface area contributed by atoms with Crippen LogP contribution in [-0.2, 0) is 17.7 Å². The molecule has 0 amide bonds. The smallest absolute Gasteiger partial charge is 0.0626 e. The number of fused-ring (bicyclic) bond motifs is 1. The van der Waals surface area contributed by atoms with Crippen LogP contribution in [0.4, 0.5) is 0 Å². The summed E-state index contributed by atoms with van der Waals surface area (Å²) in [5.41, 5.74) is 7.43. The number of hydrogen-bond donors (Lipinski definition) is 1. The maximum Gasteiger partial charge on any atom is 0.0626 e. The van der Waals surface area contributed by atoms with E-state index in [1.165, 1.54) is 12.0 Å². The molecule has 0 fully saturated rings. The molecule has 1 aliphatic rings. The molecule has 0 spiro atoms. The second-order valence-corrected chi connectivity index (χ2v) is 5.07. The molecule has 1 unspecified atom stereocenters. The Morgan fingerprint density at radius 1 is 1.67 bits per heavy atom. The zero-order valence-corrected chi connectivity index (χ0v) is 9.93. The van der Waals surface area contributed by atoms with Crippen LogP contribution < -0.4 is 5.73 Å². The van der Waals surface area contributed by atoms with E-state index in [0.29, 0.717) is 6.61 Å². The first-order valence-electron chi connectivity index (χ1n) is 5.31. The molecule has 0 radical (unpaired) electrons. The molecule has 2 rings (SSSR count). The van der Waals surface area contributed by atoms with Gasteiger partial charge < -0.3 is 10.5 Å². The molecular weight excluding hydrogens is 208 g/mol. The molecule has 0 saturated heterocycles. The second-order valence-electron chi connectivity index (χ2n) is 4.07. The summed E-state index contributed by atoms with van der Waals surface area (Å²) in [6.45, 7) is 3.76. The van der Waals surface area contributed by atoms with Crippen molar-refractivity contribution >= 4 is 11.3 Å². The van der Waals surface area contributed by atoms with Crippen molar-refractivity contribution in [2.45, 2.75) is 19.0 Å². The highest BCUT2D eigenvalue weighted by Gasteiger charge is 2.18. The number of hydrogen-bond acceptors (Lipinski definition) is 4. The summed E-state index contributed by atoms with van der Waals surface area (Å²) in [6.07, 6.45) is 1.17. The van der Waals surface area contributed by atoms with Gasteiger partial charge in [-0.05, 0) is 23.4 Å². The van der Waals surface area contributed by atoms with Gasteiger partial charge in [-0.3, -0.25) is 4.90 Å². The number of nitrogens with zero attached hydrogens (tertiary/aromatic N) is 1. The third-order valence-electron chi connectivity index (χ3n) is 2.76. The lowest BCUT2D eigenvalue weighted by molar-refractivity contribution is 0.149. The van der Waals surface area contributed by atoms with Crippen LogP contribution in [0, 0.1) is 0 Å². The van der Waals surface area contributed by atoms with Crippen LogP contribution in [0.1, 0.15) is 10.4 Å². The third-order valence-corrected chi connectivity index (χ3v) is 3.78. The van der Waals surface area contributed by atoms with Gasteiger partial charge in [0, 0.05) is 37.7 Å². The van der Waals surface area contributed by atoms with E-state index in [-0.39, 0.29) is 6.04 Å². The molecule has 1 aliphatic heterocycles. The van der Waals surface area contributed by atoms with Crippen molar-refractivity contribution in [2.24, 2.45) is 5.73 Å². The molecule has 0 aromatic carbocycles. The fourth-order valence-electron chi connectivity index (χ4n) is 2.06. The van der Waals surface area contributed by atoms with E-state index in [0.717, 1.165) is 19.6 Å². The fraction of sp³-hybridized carbons (Fsp3) is 0.636. The highest BCUT2D eigenvalue weighted by molar-refractivity contribution is 7.10. The lowest BCUT2D eigenvalue weighted by Gasteiger charge is -2.28. The number of ether oxygens (including phenoxy) is 1. The van der Waals surface area contributed by atoms with Gasteiger partial charge in [0.25, 0.3) is 0 Å². The van der Waals surface area contributed by atoms with Crippen LogP contribution in [0.25, 0.3) is 0 Å². The summed E-state index contributed by atoms with van der Waals surface area (Å²) in [4.78, 5) is 3.96. The Labute approximate surface area is 94.8 Å². The maximum atomic E-state index is 5.95. The summed E-state index contributed by atoms with van der Waals surface area (Å²) in [7, 11) is 1.70. The molecule has 15 heavy (non-hydrogen) atoms. The number of nitrogens with two attached hydrogens (primary N) is 1. The summed E-state index contributed by atoms with van der Waals surface area (Å²) in [5.74, 6) is 0. The van der Waals surface area contributed by atoms with Crippen LogP contribution in [0.2, 0.25) is 0 Å². The first-order valence-corrected chi connectivity index (χ1v) is 6.19. The van der Waals surface area contributed by atoms with E-state index < -0.39 is 0 Å². The van der Waals surface area contributed by atoms with Crippen LogP contribution in [0.5, 0.6) is 0 Å². The van der Waals surface area contributed by atoms with Gasteiger partial charge in [0.1, 0.15) is 0 Å². The minimum atomic E-state index is 0.134. The minimum absolute atomic E-state index is 0.134. The van der Waals surface area contributed by atoms with E-state index in [9.17, 15) is 0 Å². The number of thiophene rings is 1. The number of rotatable bonds is 4. The SMILES string of the molecule is COCC(N)CN1CCc2sccc2C1. The van der Waals surface area contributed by atoms with Gasteiger partial charge in [-0.1, -0.05) is 0 Å². The lowest BCUT2D eigenvalue weighted by atomic mass is 10.1. The Kier molecular flexibility index (Phi) is 3.75. The molecule has 1 atom stereocenters. The van der Waals surface area contributed by atoms with Crippen molar-refractivity contribution < 1.29 is 4.74 Å². The first-order chi connectivity index (χ1) is 7.29. The molecule has 1 aromatic rings. The number of methoxy groups -OCH3 is 1. The van der Waals surface area contributed by atoms with Crippen molar-refractivity contribution in [2.75, 3.05) is 26.8 Å². The maximum absolute atomic E-state index is 5.95.